The highest BCUT2D eigenvalue weighted by atomic mass is 32.1. The fourth-order valence-electron chi connectivity index (χ4n) is 5.18. The number of alkyl halides is 3. The van der Waals surface area contributed by atoms with Crippen LogP contribution in [0.3, 0.4) is 0 Å². The maximum absolute atomic E-state index is 13.4. The molecule has 6 rings (SSSR count). The first-order chi connectivity index (χ1) is 19.2. The molecule has 0 aliphatic heterocycles. The molecule has 3 aliphatic carbocycles. The van der Waals surface area contributed by atoms with E-state index < -0.39 is 12.8 Å². The average Bonchev–Trinajstić information content (AvgIpc) is 3.33. The van der Waals surface area contributed by atoms with E-state index >= 15 is 0 Å². The van der Waals surface area contributed by atoms with Gasteiger partial charge in [0.2, 0.25) is 17.7 Å². The standard InChI is InChI=1S/C25H29F3N8O3S/c1-35-18(9-19(34-35)39-24(27)28)31-25-33-30-11-36(25)15-4-5-17-16(8-15)20(22(38)29-10-12-2-3-12)23(40-17)32-21(37)13-6-14(26)7-13/h9,11-15,24H,2-8,10H2,1H3,(H,29,38)(H,31,33)(H,32,37)/t13-,14-,15-/m0/s1. The second kappa shape index (κ2) is 10.7. The maximum atomic E-state index is 13.4. The van der Waals surface area contributed by atoms with E-state index in [4.69, 9.17) is 0 Å². The Labute approximate surface area is 231 Å². The van der Waals surface area contributed by atoms with Crippen molar-refractivity contribution in [2.45, 2.75) is 63.8 Å². The second-order valence-corrected chi connectivity index (χ2v) is 11.7. The predicted molar refractivity (Wildman–Crippen MR) is 140 cm³/mol. The summed E-state index contributed by atoms with van der Waals surface area (Å²) in [4.78, 5) is 27.2. The number of thiophene rings is 1. The SMILES string of the molecule is Cn1nc(OC(F)F)cc1Nc1nncn1[C@H]1CCc2sc(NC(=O)[C@H]3C[C@H](F)C3)c(C(=O)NCC3CC3)c2C1. The zero-order valence-corrected chi connectivity index (χ0v) is 22.5. The summed E-state index contributed by atoms with van der Waals surface area (Å²) in [6.07, 6.45) is 5.14. The normalized spacial score (nSPS) is 22.0. The lowest BCUT2D eigenvalue weighted by atomic mass is 9.83. The summed E-state index contributed by atoms with van der Waals surface area (Å²) in [5, 5.41) is 21.7. The number of ether oxygens (including phenoxy) is 1. The molecule has 0 aromatic carbocycles. The van der Waals surface area contributed by atoms with Gasteiger partial charge in [0.1, 0.15) is 23.3 Å². The Balaban J connectivity index is 1.23. The van der Waals surface area contributed by atoms with Crippen LogP contribution in [0, 0.1) is 11.8 Å². The van der Waals surface area contributed by atoms with Crippen LogP contribution >= 0.6 is 11.3 Å². The van der Waals surface area contributed by atoms with Crippen LogP contribution in [0.5, 0.6) is 5.88 Å². The van der Waals surface area contributed by atoms with E-state index in [1.165, 1.54) is 22.1 Å². The van der Waals surface area contributed by atoms with E-state index in [0.29, 0.717) is 47.6 Å². The number of carbonyl (C=O) groups is 2. The van der Waals surface area contributed by atoms with Crippen LogP contribution in [0.15, 0.2) is 12.4 Å². The summed E-state index contributed by atoms with van der Waals surface area (Å²) in [5.41, 5.74) is 1.34. The highest BCUT2D eigenvalue weighted by molar-refractivity contribution is 7.17. The minimum absolute atomic E-state index is 0.109. The Hall–Kier alpha value is -3.62. The maximum Gasteiger partial charge on any atom is 0.388 e. The molecular weight excluding hydrogens is 549 g/mol. The molecule has 2 fully saturated rings. The highest BCUT2D eigenvalue weighted by Gasteiger charge is 2.37. The fourth-order valence-corrected chi connectivity index (χ4v) is 6.42. The van der Waals surface area contributed by atoms with Gasteiger partial charge in [-0.15, -0.1) is 26.6 Å². The monoisotopic (exact) mass is 578 g/mol. The van der Waals surface area contributed by atoms with Gasteiger partial charge >= 0.3 is 6.61 Å². The third-order valence-electron chi connectivity index (χ3n) is 7.67. The van der Waals surface area contributed by atoms with Gasteiger partial charge in [0.25, 0.3) is 5.91 Å². The van der Waals surface area contributed by atoms with Gasteiger partial charge in [0.05, 0.1) is 5.56 Å². The van der Waals surface area contributed by atoms with Crippen LogP contribution in [0.25, 0.3) is 0 Å². The van der Waals surface area contributed by atoms with Gasteiger partial charge in [-0.3, -0.25) is 14.2 Å². The zero-order valence-electron chi connectivity index (χ0n) is 21.7. The number of fused-ring (bicyclic) bond motifs is 1. The fraction of sp³-hybridized carbons (Fsp3) is 0.560. The number of anilines is 3. The number of rotatable bonds is 10. The largest absolute Gasteiger partial charge is 0.415 e. The third kappa shape index (κ3) is 5.51. The molecule has 0 radical (unpaired) electrons. The van der Waals surface area contributed by atoms with Crippen molar-refractivity contribution < 1.29 is 27.5 Å². The molecule has 0 unspecified atom stereocenters. The van der Waals surface area contributed by atoms with E-state index in [1.54, 1.807) is 13.4 Å². The molecule has 3 aliphatic rings. The van der Waals surface area contributed by atoms with Crippen molar-refractivity contribution >= 4 is 39.9 Å². The number of aromatic nitrogens is 5. The van der Waals surface area contributed by atoms with Gasteiger partial charge in [-0.05, 0) is 56.4 Å². The van der Waals surface area contributed by atoms with Crippen molar-refractivity contribution in [1.29, 1.82) is 0 Å². The molecule has 15 heteroatoms. The smallest absolute Gasteiger partial charge is 0.388 e. The van der Waals surface area contributed by atoms with Crippen molar-refractivity contribution in [2.75, 3.05) is 17.2 Å². The first-order valence-corrected chi connectivity index (χ1v) is 14.1. The number of amides is 2. The number of carbonyl (C=O) groups excluding carboxylic acids is 2. The lowest BCUT2D eigenvalue weighted by molar-refractivity contribution is -0.124. The van der Waals surface area contributed by atoms with Crippen molar-refractivity contribution in [1.82, 2.24) is 29.9 Å². The summed E-state index contributed by atoms with van der Waals surface area (Å²) in [7, 11) is 1.58. The lowest BCUT2D eigenvalue weighted by Crippen LogP contribution is -2.36. The van der Waals surface area contributed by atoms with Crippen LogP contribution in [-0.2, 0) is 24.7 Å². The van der Waals surface area contributed by atoms with E-state index in [2.05, 4.69) is 36.0 Å². The van der Waals surface area contributed by atoms with Crippen LogP contribution in [-0.4, -0.2) is 55.7 Å². The highest BCUT2D eigenvalue weighted by Crippen LogP contribution is 2.43. The van der Waals surface area contributed by atoms with Crippen LogP contribution in [0.4, 0.5) is 29.9 Å². The molecule has 3 aromatic heterocycles. The van der Waals surface area contributed by atoms with Gasteiger partial charge < -0.3 is 20.7 Å². The van der Waals surface area contributed by atoms with Gasteiger partial charge in [0, 0.05) is 36.5 Å². The van der Waals surface area contributed by atoms with Crippen LogP contribution in [0.2, 0.25) is 0 Å². The molecule has 0 saturated heterocycles. The number of aryl methyl sites for hydroxylation is 2. The third-order valence-corrected chi connectivity index (χ3v) is 8.88. The molecule has 3 N–H and O–H groups in total. The summed E-state index contributed by atoms with van der Waals surface area (Å²) in [6.45, 7) is -2.40. The molecule has 3 heterocycles. The number of nitrogens with zero attached hydrogens (tertiary/aromatic N) is 5. The number of nitrogens with one attached hydrogen (secondary N) is 3. The first kappa shape index (κ1) is 26.6. The molecule has 3 aromatic rings. The average molecular weight is 579 g/mol. The van der Waals surface area contributed by atoms with Crippen molar-refractivity contribution in [3.05, 3.63) is 28.4 Å². The first-order valence-electron chi connectivity index (χ1n) is 13.3. The minimum Gasteiger partial charge on any atom is -0.415 e. The second-order valence-electron chi connectivity index (χ2n) is 10.6. The Morgan fingerprint density at radius 3 is 2.77 bits per heavy atom. The molecule has 11 nitrogen and oxygen atoms in total. The Kier molecular flexibility index (Phi) is 7.15. The Morgan fingerprint density at radius 1 is 1.25 bits per heavy atom. The number of hydrogen-bond acceptors (Lipinski definition) is 8. The van der Waals surface area contributed by atoms with Gasteiger partial charge in [0.15, 0.2) is 0 Å². The van der Waals surface area contributed by atoms with Crippen molar-refractivity contribution in [3.8, 4) is 5.88 Å². The summed E-state index contributed by atoms with van der Waals surface area (Å²) in [5.74, 6) is 0.172. The van der Waals surface area contributed by atoms with Gasteiger partial charge in [-0.25, -0.2) is 9.07 Å². The van der Waals surface area contributed by atoms with Crippen LogP contribution < -0.4 is 20.7 Å². The van der Waals surface area contributed by atoms with E-state index in [9.17, 15) is 22.8 Å². The summed E-state index contributed by atoms with van der Waals surface area (Å²) >= 11 is 1.41. The molecule has 0 bridgehead atoms. The molecule has 2 amide bonds. The molecule has 1 atom stereocenters. The summed E-state index contributed by atoms with van der Waals surface area (Å²) in [6, 6.07) is 1.23. The minimum atomic E-state index is -2.99. The topological polar surface area (TPSA) is 128 Å². The quantitative estimate of drug-likeness (QED) is 0.332. The van der Waals surface area contributed by atoms with E-state index in [1.807, 2.05) is 4.57 Å². The molecular formula is C25H29F3N8O3S. The van der Waals surface area contributed by atoms with Crippen LogP contribution in [0.1, 0.15) is 58.9 Å². The molecule has 0 spiro atoms. The predicted octanol–water partition coefficient (Wildman–Crippen LogP) is 3.97. The molecule has 40 heavy (non-hydrogen) atoms. The van der Waals surface area contributed by atoms with Crippen molar-refractivity contribution in [2.24, 2.45) is 18.9 Å². The number of halogens is 3. The molecule has 214 valence electrons. The zero-order chi connectivity index (χ0) is 28.0. The lowest BCUT2D eigenvalue weighted by Gasteiger charge is -2.28. The van der Waals surface area contributed by atoms with Gasteiger partial charge in [-0.1, -0.05) is 0 Å². The Morgan fingerprint density at radius 2 is 2.05 bits per heavy atom. The van der Waals surface area contributed by atoms with E-state index in [0.717, 1.165) is 29.7 Å². The van der Waals surface area contributed by atoms with Crippen molar-refractivity contribution in [3.63, 3.8) is 0 Å². The van der Waals surface area contributed by atoms with Gasteiger partial charge in [-0.2, -0.15) is 8.78 Å². The van der Waals surface area contributed by atoms with E-state index in [-0.39, 0.29) is 42.5 Å². The molecule has 2 saturated carbocycles. The Bertz CT molecular complexity index is 1410. The summed E-state index contributed by atoms with van der Waals surface area (Å²) < 4.78 is 46.2. The number of hydrogen-bond donors (Lipinski definition) is 3.